The van der Waals surface area contributed by atoms with Crippen molar-refractivity contribution in [3.63, 3.8) is 0 Å². The van der Waals surface area contributed by atoms with Gasteiger partial charge in [0.05, 0.1) is 17.7 Å². The van der Waals surface area contributed by atoms with E-state index in [1.54, 1.807) is 12.1 Å². The summed E-state index contributed by atoms with van der Waals surface area (Å²) < 4.78 is 0. The first-order valence-corrected chi connectivity index (χ1v) is 14.4. The van der Waals surface area contributed by atoms with E-state index in [0.29, 0.717) is 17.8 Å². The van der Waals surface area contributed by atoms with Crippen LogP contribution in [0.1, 0.15) is 109 Å². The van der Waals surface area contributed by atoms with Gasteiger partial charge >= 0.3 is 5.97 Å². The third-order valence-corrected chi connectivity index (χ3v) is 8.18. The van der Waals surface area contributed by atoms with E-state index < -0.39 is 12.3 Å². The molecule has 0 saturated heterocycles. The average molecular weight is 539 g/mol. The standard InChI is InChI=1S/C32H46N2O5/c1-6-7-8-9-10-11-12-27(36)39-34-29-23(15-18-25-28(29)32(4,5)20-19-31(25,2)3)21-26(35)33-24-16-13-22(14-17-24)30(37)38/h13-18,27-28,36H,6-12,19-21H2,1-5H3,(H,33,35)(H,37,38). The Morgan fingerprint density at radius 1 is 1.03 bits per heavy atom. The van der Waals surface area contributed by atoms with Crippen LogP contribution < -0.4 is 5.32 Å². The zero-order chi connectivity index (χ0) is 28.6. The quantitative estimate of drug-likeness (QED) is 0.137. The normalized spacial score (nSPS) is 21.4. The molecule has 3 rings (SSSR count). The van der Waals surface area contributed by atoms with E-state index >= 15 is 0 Å². The first-order chi connectivity index (χ1) is 18.4. The first-order valence-electron chi connectivity index (χ1n) is 14.4. The Kier molecular flexibility index (Phi) is 10.5. The number of benzene rings is 1. The molecule has 1 fully saturated rings. The fourth-order valence-corrected chi connectivity index (χ4v) is 5.64. The lowest BCUT2D eigenvalue weighted by atomic mass is 9.54. The summed E-state index contributed by atoms with van der Waals surface area (Å²) in [5.41, 5.74) is 3.35. The van der Waals surface area contributed by atoms with Gasteiger partial charge in [0, 0.05) is 18.0 Å². The molecule has 0 aliphatic heterocycles. The number of unbranched alkanes of at least 4 members (excludes halogenated alkanes) is 5. The van der Waals surface area contributed by atoms with Gasteiger partial charge in [-0.15, -0.1) is 0 Å². The first kappa shape index (κ1) is 30.6. The average Bonchev–Trinajstić information content (AvgIpc) is 2.88. The van der Waals surface area contributed by atoms with Crippen molar-refractivity contribution in [1.82, 2.24) is 0 Å². The Labute approximate surface area is 233 Å². The van der Waals surface area contributed by atoms with Gasteiger partial charge in [-0.25, -0.2) is 4.79 Å². The lowest BCUT2D eigenvalue weighted by Crippen LogP contribution is -2.44. The summed E-state index contributed by atoms with van der Waals surface area (Å²) in [6.45, 7) is 11.2. The Bertz CT molecular complexity index is 1100. The van der Waals surface area contributed by atoms with E-state index in [9.17, 15) is 14.7 Å². The minimum atomic E-state index is -1.01. The van der Waals surface area contributed by atoms with Crippen molar-refractivity contribution in [2.24, 2.45) is 21.9 Å². The highest BCUT2D eigenvalue weighted by atomic mass is 16.7. The predicted octanol–water partition coefficient (Wildman–Crippen LogP) is 7.48. The Hall–Kier alpha value is -2.93. The zero-order valence-corrected chi connectivity index (χ0v) is 24.3. The van der Waals surface area contributed by atoms with E-state index in [0.717, 1.165) is 37.7 Å². The number of nitrogens with one attached hydrogen (secondary N) is 1. The number of anilines is 1. The molecule has 2 aliphatic rings. The Balaban J connectivity index is 1.77. The number of nitrogens with zero attached hydrogens (tertiary/aromatic N) is 1. The number of carbonyl (C=O) groups excluding carboxylic acids is 1. The topological polar surface area (TPSA) is 108 Å². The smallest absolute Gasteiger partial charge is 0.335 e. The maximum absolute atomic E-state index is 13.0. The number of hydrogen-bond donors (Lipinski definition) is 3. The van der Waals surface area contributed by atoms with Crippen LogP contribution in [-0.4, -0.2) is 34.1 Å². The molecule has 39 heavy (non-hydrogen) atoms. The van der Waals surface area contributed by atoms with Gasteiger partial charge in [0.15, 0.2) is 0 Å². The minimum Gasteiger partial charge on any atom is -0.478 e. The molecule has 7 nitrogen and oxygen atoms in total. The van der Waals surface area contributed by atoms with Gasteiger partial charge in [-0.2, -0.15) is 0 Å². The number of aromatic carboxylic acids is 1. The second-order valence-corrected chi connectivity index (χ2v) is 12.3. The van der Waals surface area contributed by atoms with Crippen molar-refractivity contribution in [3.05, 3.63) is 53.1 Å². The highest BCUT2D eigenvalue weighted by Crippen LogP contribution is 2.54. The molecule has 214 valence electrons. The van der Waals surface area contributed by atoms with Crippen molar-refractivity contribution >= 4 is 23.3 Å². The van der Waals surface area contributed by atoms with Crippen LogP contribution in [0.15, 0.2) is 52.7 Å². The monoisotopic (exact) mass is 538 g/mol. The largest absolute Gasteiger partial charge is 0.478 e. The third-order valence-electron chi connectivity index (χ3n) is 8.18. The number of rotatable bonds is 13. The molecule has 1 aromatic carbocycles. The van der Waals surface area contributed by atoms with Crippen LogP contribution in [-0.2, 0) is 9.63 Å². The van der Waals surface area contributed by atoms with Crippen LogP contribution in [0, 0.1) is 16.7 Å². The van der Waals surface area contributed by atoms with Gasteiger partial charge in [0.2, 0.25) is 12.2 Å². The molecule has 0 aromatic heterocycles. The molecule has 2 unspecified atom stereocenters. The Morgan fingerprint density at radius 3 is 2.36 bits per heavy atom. The van der Waals surface area contributed by atoms with Crippen molar-refractivity contribution in [1.29, 1.82) is 0 Å². The minimum absolute atomic E-state index is 0.00572. The predicted molar refractivity (Wildman–Crippen MR) is 156 cm³/mol. The molecule has 2 atom stereocenters. The number of carboxylic acid groups (broad SMARTS) is 1. The number of allylic oxidation sites excluding steroid dienone is 3. The molecule has 0 spiro atoms. The second-order valence-electron chi connectivity index (χ2n) is 12.3. The van der Waals surface area contributed by atoms with Crippen molar-refractivity contribution in [2.45, 2.75) is 105 Å². The van der Waals surface area contributed by atoms with E-state index in [2.05, 4.69) is 51.2 Å². The van der Waals surface area contributed by atoms with Crippen LogP contribution in [0.2, 0.25) is 0 Å². The number of amides is 1. The molecular formula is C32H46N2O5. The molecule has 1 amide bonds. The zero-order valence-electron chi connectivity index (χ0n) is 24.3. The number of fused-ring (bicyclic) bond motifs is 1. The van der Waals surface area contributed by atoms with E-state index in [4.69, 9.17) is 9.94 Å². The second kappa shape index (κ2) is 13.4. The molecule has 1 saturated carbocycles. The van der Waals surface area contributed by atoms with Crippen LogP contribution in [0.4, 0.5) is 5.69 Å². The van der Waals surface area contributed by atoms with Gasteiger partial charge in [-0.3, -0.25) is 4.79 Å². The number of aliphatic hydroxyl groups is 1. The fraction of sp³-hybridized carbons (Fsp3) is 0.594. The molecule has 1 aromatic rings. The molecule has 0 bridgehead atoms. The van der Waals surface area contributed by atoms with Crippen molar-refractivity contribution in [3.8, 4) is 0 Å². The SMILES string of the molecule is CCCCCCCCC(O)ON=C1C(CC(=O)Nc2ccc(C(=O)O)cc2)=CC=C2C1C(C)(C)CCC2(C)C. The maximum Gasteiger partial charge on any atom is 0.335 e. The van der Waals surface area contributed by atoms with Crippen molar-refractivity contribution in [2.75, 3.05) is 5.32 Å². The number of oxime groups is 1. The number of hydrogen-bond acceptors (Lipinski definition) is 5. The van der Waals surface area contributed by atoms with Gasteiger partial charge in [0.1, 0.15) is 0 Å². The van der Waals surface area contributed by atoms with E-state index in [1.165, 1.54) is 37.0 Å². The molecular weight excluding hydrogens is 492 g/mol. The lowest BCUT2D eigenvalue weighted by molar-refractivity contribution is -0.115. The summed E-state index contributed by atoms with van der Waals surface area (Å²) in [7, 11) is 0. The highest BCUT2D eigenvalue weighted by molar-refractivity contribution is 6.09. The summed E-state index contributed by atoms with van der Waals surface area (Å²) in [6, 6.07) is 6.09. The molecule has 0 heterocycles. The summed E-state index contributed by atoms with van der Waals surface area (Å²) in [6.07, 6.45) is 12.6. The molecule has 2 aliphatic carbocycles. The number of carbonyl (C=O) groups is 2. The lowest BCUT2D eigenvalue weighted by Gasteiger charge is -2.50. The molecule has 0 radical (unpaired) electrons. The van der Waals surface area contributed by atoms with Crippen LogP contribution in [0.25, 0.3) is 0 Å². The van der Waals surface area contributed by atoms with Crippen LogP contribution in [0.5, 0.6) is 0 Å². The number of aliphatic hydroxyl groups excluding tert-OH is 1. The Morgan fingerprint density at radius 2 is 1.69 bits per heavy atom. The van der Waals surface area contributed by atoms with Crippen LogP contribution in [0.3, 0.4) is 0 Å². The van der Waals surface area contributed by atoms with Crippen LogP contribution >= 0.6 is 0 Å². The van der Waals surface area contributed by atoms with Gasteiger partial charge < -0.3 is 20.4 Å². The van der Waals surface area contributed by atoms with E-state index in [1.807, 2.05) is 6.08 Å². The third kappa shape index (κ3) is 8.28. The van der Waals surface area contributed by atoms with E-state index in [-0.39, 0.29) is 34.6 Å². The van der Waals surface area contributed by atoms with Crippen molar-refractivity contribution < 1.29 is 24.6 Å². The van der Waals surface area contributed by atoms with Gasteiger partial charge in [-0.05, 0) is 59.9 Å². The molecule has 7 heteroatoms. The maximum atomic E-state index is 13.0. The highest BCUT2D eigenvalue weighted by Gasteiger charge is 2.48. The summed E-state index contributed by atoms with van der Waals surface area (Å²) in [5, 5.41) is 27.1. The van der Waals surface area contributed by atoms with Gasteiger partial charge in [-0.1, -0.05) is 89.6 Å². The van der Waals surface area contributed by atoms with Gasteiger partial charge in [0.25, 0.3) is 0 Å². The summed E-state index contributed by atoms with van der Waals surface area (Å²) >= 11 is 0. The summed E-state index contributed by atoms with van der Waals surface area (Å²) in [4.78, 5) is 29.8. The number of carboxylic acids is 1. The summed E-state index contributed by atoms with van der Waals surface area (Å²) in [5.74, 6) is -1.26. The fourth-order valence-electron chi connectivity index (χ4n) is 5.64. The molecule has 3 N–H and O–H groups in total.